The van der Waals surface area contributed by atoms with E-state index in [4.69, 9.17) is 0 Å². The van der Waals surface area contributed by atoms with Gasteiger partial charge < -0.3 is 0 Å². The lowest BCUT2D eigenvalue weighted by atomic mass is 9.69. The van der Waals surface area contributed by atoms with Gasteiger partial charge in [0.2, 0.25) is 0 Å². The van der Waals surface area contributed by atoms with Crippen molar-refractivity contribution < 1.29 is 9.59 Å². The zero-order chi connectivity index (χ0) is 15.1. The number of carbonyl (C=O) groups excluding carboxylic acids is 2. The molecule has 22 heavy (non-hydrogen) atoms. The number of carbonyl (C=O) groups is 2. The van der Waals surface area contributed by atoms with Crippen LogP contribution in [-0.2, 0) is 12.8 Å². The molecule has 0 spiro atoms. The third kappa shape index (κ3) is 2.02. The second-order valence-electron chi connectivity index (χ2n) is 6.33. The highest BCUT2D eigenvalue weighted by molar-refractivity contribution is 6.07. The largest absolute Gasteiger partial charge is 0.294 e. The molecule has 0 N–H and O–H groups in total. The van der Waals surface area contributed by atoms with Crippen LogP contribution in [0.3, 0.4) is 0 Å². The predicted molar refractivity (Wildman–Crippen MR) is 85.2 cm³/mol. The van der Waals surface area contributed by atoms with Gasteiger partial charge in [0.15, 0.2) is 11.6 Å². The number of fused-ring (bicyclic) bond motifs is 2. The number of rotatable bonds is 1. The molecule has 0 radical (unpaired) electrons. The zero-order valence-corrected chi connectivity index (χ0v) is 12.4. The Hall–Kier alpha value is -2.22. The molecule has 2 atom stereocenters. The van der Waals surface area contributed by atoms with Gasteiger partial charge in [-0.25, -0.2) is 0 Å². The highest BCUT2D eigenvalue weighted by Crippen LogP contribution is 2.37. The predicted octanol–water partition coefficient (Wildman–Crippen LogP) is 3.88. The van der Waals surface area contributed by atoms with Gasteiger partial charge in [-0.05, 0) is 36.8 Å². The smallest absolute Gasteiger partial charge is 0.166 e. The minimum absolute atomic E-state index is 0.143. The summed E-state index contributed by atoms with van der Waals surface area (Å²) in [7, 11) is 0. The quantitative estimate of drug-likeness (QED) is 0.798. The molecule has 2 aromatic carbocycles. The van der Waals surface area contributed by atoms with Crippen LogP contribution >= 0.6 is 0 Å². The second-order valence-corrected chi connectivity index (χ2v) is 6.33. The van der Waals surface area contributed by atoms with Gasteiger partial charge in [0.05, 0.1) is 0 Å². The van der Waals surface area contributed by atoms with E-state index in [1.165, 1.54) is 0 Å². The summed E-state index contributed by atoms with van der Waals surface area (Å²) in [5.74, 6) is 0.0469. The Labute approximate surface area is 130 Å². The molecule has 4 rings (SSSR count). The first-order valence-corrected chi connectivity index (χ1v) is 8.00. The zero-order valence-electron chi connectivity index (χ0n) is 12.4. The minimum atomic E-state index is -0.143. The molecule has 2 aromatic rings. The fourth-order valence-electron chi connectivity index (χ4n) is 4.01. The van der Waals surface area contributed by atoms with Gasteiger partial charge in [-0.2, -0.15) is 0 Å². The number of hydrogen-bond acceptors (Lipinski definition) is 2. The Balaban J connectivity index is 1.67. The highest BCUT2D eigenvalue weighted by atomic mass is 16.1. The highest BCUT2D eigenvalue weighted by Gasteiger charge is 2.39. The maximum Gasteiger partial charge on any atom is 0.166 e. The van der Waals surface area contributed by atoms with Gasteiger partial charge >= 0.3 is 0 Å². The van der Waals surface area contributed by atoms with E-state index in [-0.39, 0.29) is 23.4 Å². The van der Waals surface area contributed by atoms with E-state index in [9.17, 15) is 9.59 Å². The molecule has 0 amide bonds. The fourth-order valence-corrected chi connectivity index (χ4v) is 4.01. The van der Waals surface area contributed by atoms with Crippen molar-refractivity contribution in [1.82, 2.24) is 0 Å². The first-order chi connectivity index (χ1) is 10.8. The summed E-state index contributed by atoms with van der Waals surface area (Å²) in [6.07, 6.45) is 3.40. The minimum Gasteiger partial charge on any atom is -0.294 e. The molecular formula is C20H18O2. The van der Waals surface area contributed by atoms with Crippen molar-refractivity contribution >= 4 is 11.6 Å². The first kappa shape index (κ1) is 13.4. The van der Waals surface area contributed by atoms with Crippen LogP contribution in [0.1, 0.15) is 44.7 Å². The summed E-state index contributed by atoms with van der Waals surface area (Å²) in [5, 5.41) is 0. The number of ketones is 2. The van der Waals surface area contributed by atoms with Crippen molar-refractivity contribution in [3.63, 3.8) is 0 Å². The maximum atomic E-state index is 12.8. The van der Waals surface area contributed by atoms with Crippen LogP contribution in [0.2, 0.25) is 0 Å². The SMILES string of the molecule is O=C1c2ccccc2CC[C@@H]1[C@H]1CCc2ccccc2C1=O. The van der Waals surface area contributed by atoms with Crippen LogP contribution in [-0.4, -0.2) is 11.6 Å². The summed E-state index contributed by atoms with van der Waals surface area (Å²) in [6, 6.07) is 15.7. The summed E-state index contributed by atoms with van der Waals surface area (Å²) < 4.78 is 0. The average Bonchev–Trinajstić information content (AvgIpc) is 2.57. The van der Waals surface area contributed by atoms with Gasteiger partial charge in [0.25, 0.3) is 0 Å². The van der Waals surface area contributed by atoms with Crippen LogP contribution in [0.5, 0.6) is 0 Å². The van der Waals surface area contributed by atoms with Crippen LogP contribution in [0.4, 0.5) is 0 Å². The normalized spacial score (nSPS) is 23.8. The molecule has 2 aliphatic carbocycles. The molecule has 0 saturated heterocycles. The monoisotopic (exact) mass is 290 g/mol. The van der Waals surface area contributed by atoms with Crippen molar-refractivity contribution in [1.29, 1.82) is 0 Å². The molecule has 2 heteroatoms. The third-order valence-electron chi connectivity index (χ3n) is 5.17. The van der Waals surface area contributed by atoms with Crippen molar-refractivity contribution in [2.75, 3.05) is 0 Å². The van der Waals surface area contributed by atoms with Gasteiger partial charge in [-0.15, -0.1) is 0 Å². The fraction of sp³-hybridized carbons (Fsp3) is 0.300. The average molecular weight is 290 g/mol. The van der Waals surface area contributed by atoms with E-state index in [0.29, 0.717) is 0 Å². The van der Waals surface area contributed by atoms with Gasteiger partial charge in [0, 0.05) is 23.0 Å². The standard InChI is InChI=1S/C20H18O2/c21-19-15-7-3-1-5-13(15)9-11-17(19)18-12-10-14-6-2-4-8-16(14)20(18)22/h1-8,17-18H,9-12H2/t17-,18-/m1/s1. The van der Waals surface area contributed by atoms with E-state index in [2.05, 4.69) is 0 Å². The number of aryl methyl sites for hydroxylation is 2. The molecule has 0 saturated carbocycles. The third-order valence-corrected chi connectivity index (χ3v) is 5.17. The summed E-state index contributed by atoms with van der Waals surface area (Å²) in [4.78, 5) is 25.6. The van der Waals surface area contributed by atoms with Gasteiger partial charge in [-0.3, -0.25) is 9.59 Å². The topological polar surface area (TPSA) is 34.1 Å². The maximum absolute atomic E-state index is 12.8. The lowest BCUT2D eigenvalue weighted by Crippen LogP contribution is -2.36. The summed E-state index contributed by atoms with van der Waals surface area (Å²) in [5.41, 5.74) is 3.91. The lowest BCUT2D eigenvalue weighted by Gasteiger charge is -2.32. The van der Waals surface area contributed by atoms with E-state index < -0.39 is 0 Å². The number of benzene rings is 2. The van der Waals surface area contributed by atoms with Crippen molar-refractivity contribution in [2.24, 2.45) is 11.8 Å². The van der Waals surface area contributed by atoms with E-state index >= 15 is 0 Å². The molecule has 0 bridgehead atoms. The molecule has 0 unspecified atom stereocenters. The molecule has 2 nitrogen and oxygen atoms in total. The summed E-state index contributed by atoms with van der Waals surface area (Å²) in [6.45, 7) is 0. The van der Waals surface area contributed by atoms with E-state index in [0.717, 1.165) is 47.9 Å². The molecule has 2 aliphatic rings. The number of hydrogen-bond donors (Lipinski definition) is 0. The van der Waals surface area contributed by atoms with Gasteiger partial charge in [0.1, 0.15) is 0 Å². The van der Waals surface area contributed by atoms with Crippen molar-refractivity contribution in [3.05, 3.63) is 70.8 Å². The molecule has 0 aliphatic heterocycles. The number of Topliss-reactive ketones (excluding diaryl/α,β-unsaturated/α-hetero) is 2. The summed E-state index contributed by atoms with van der Waals surface area (Å²) >= 11 is 0. The van der Waals surface area contributed by atoms with Crippen molar-refractivity contribution in [3.8, 4) is 0 Å². The Morgan fingerprint density at radius 2 is 1.05 bits per heavy atom. The molecular weight excluding hydrogens is 272 g/mol. The Bertz CT molecular complexity index is 694. The molecule has 110 valence electrons. The van der Waals surface area contributed by atoms with E-state index in [1.54, 1.807) is 0 Å². The Kier molecular flexibility index (Phi) is 3.18. The Morgan fingerprint density at radius 1 is 0.636 bits per heavy atom. The van der Waals surface area contributed by atoms with Crippen LogP contribution in [0, 0.1) is 11.8 Å². The Morgan fingerprint density at radius 3 is 1.50 bits per heavy atom. The molecule has 0 fully saturated rings. The first-order valence-electron chi connectivity index (χ1n) is 8.00. The molecule has 0 aromatic heterocycles. The second kappa shape index (κ2) is 5.20. The van der Waals surface area contributed by atoms with Crippen molar-refractivity contribution in [2.45, 2.75) is 25.7 Å². The van der Waals surface area contributed by atoms with Gasteiger partial charge in [-0.1, -0.05) is 48.5 Å². The van der Waals surface area contributed by atoms with Crippen LogP contribution < -0.4 is 0 Å². The lowest BCUT2D eigenvalue weighted by molar-refractivity contribution is 0.0726. The molecule has 0 heterocycles. The van der Waals surface area contributed by atoms with Crippen LogP contribution in [0.15, 0.2) is 48.5 Å². The van der Waals surface area contributed by atoms with E-state index in [1.807, 2.05) is 48.5 Å². The van der Waals surface area contributed by atoms with Crippen LogP contribution in [0.25, 0.3) is 0 Å².